The third kappa shape index (κ3) is 4.09. The molecule has 132 valence electrons. The highest BCUT2D eigenvalue weighted by Gasteiger charge is 2.08. The molecule has 0 aliphatic heterocycles. The summed E-state index contributed by atoms with van der Waals surface area (Å²) in [5, 5.41) is 6.30. The molecule has 2 N–H and O–H groups in total. The Bertz CT molecular complexity index is 897. The smallest absolute Gasteiger partial charge is 0.270 e. The number of nitrogens with zero attached hydrogens (tertiary/aromatic N) is 1. The lowest BCUT2D eigenvalue weighted by Gasteiger charge is -2.12. The second-order valence-electron chi connectivity index (χ2n) is 6.43. The molecule has 0 fully saturated rings. The zero-order valence-electron chi connectivity index (χ0n) is 15.3. The number of amides is 1. The summed E-state index contributed by atoms with van der Waals surface area (Å²) in [6, 6.07) is 17.8. The molecule has 0 saturated carbocycles. The third-order valence-corrected chi connectivity index (χ3v) is 4.45. The molecule has 3 rings (SSSR count). The Morgan fingerprint density at radius 2 is 1.58 bits per heavy atom. The number of benzene rings is 2. The summed E-state index contributed by atoms with van der Waals surface area (Å²) >= 11 is 0. The third-order valence-electron chi connectivity index (χ3n) is 4.45. The molecule has 4 nitrogen and oxygen atoms in total. The number of pyridine rings is 1. The van der Waals surface area contributed by atoms with Crippen molar-refractivity contribution in [2.75, 3.05) is 5.32 Å². The van der Waals surface area contributed by atoms with Gasteiger partial charge in [-0.05, 0) is 55.2 Å². The monoisotopic (exact) mass is 345 g/mol. The normalized spacial score (nSPS) is 10.4. The lowest BCUT2D eigenvalue weighted by atomic mass is 10.1. The Labute approximate surface area is 154 Å². The molecule has 0 radical (unpaired) electrons. The molecular weight excluding hydrogens is 322 g/mol. The van der Waals surface area contributed by atoms with Crippen LogP contribution in [0, 0.1) is 20.8 Å². The number of hydrogen-bond acceptors (Lipinski definition) is 3. The standard InChI is InChI=1S/C22H23N3O/c1-15-7-4-5-10-18(15)13-24-22(26)20-12-11-19(14-23-20)25-21-16(2)8-6-9-17(21)3/h4-12,14,25H,13H2,1-3H3,(H,24,26). The number of rotatable bonds is 5. The van der Waals surface area contributed by atoms with E-state index in [1.54, 1.807) is 12.3 Å². The molecular formula is C22H23N3O. The van der Waals surface area contributed by atoms with Crippen molar-refractivity contribution in [3.05, 3.63) is 88.7 Å². The van der Waals surface area contributed by atoms with Gasteiger partial charge in [0.2, 0.25) is 0 Å². The number of aryl methyl sites for hydroxylation is 3. The first kappa shape index (κ1) is 17.7. The predicted molar refractivity (Wildman–Crippen MR) is 106 cm³/mol. The van der Waals surface area contributed by atoms with Gasteiger partial charge < -0.3 is 10.6 Å². The largest absolute Gasteiger partial charge is 0.354 e. The Morgan fingerprint density at radius 1 is 0.885 bits per heavy atom. The highest BCUT2D eigenvalue weighted by molar-refractivity contribution is 5.92. The van der Waals surface area contributed by atoms with E-state index < -0.39 is 0 Å². The van der Waals surface area contributed by atoms with Gasteiger partial charge in [0.25, 0.3) is 5.91 Å². The van der Waals surface area contributed by atoms with Gasteiger partial charge in [0, 0.05) is 12.2 Å². The molecule has 0 spiro atoms. The quantitative estimate of drug-likeness (QED) is 0.706. The van der Waals surface area contributed by atoms with Gasteiger partial charge in [0.05, 0.1) is 11.9 Å². The summed E-state index contributed by atoms with van der Waals surface area (Å²) in [6.45, 7) is 6.66. The fourth-order valence-electron chi connectivity index (χ4n) is 2.83. The van der Waals surface area contributed by atoms with Crippen LogP contribution in [0.1, 0.15) is 32.7 Å². The van der Waals surface area contributed by atoms with Crippen LogP contribution in [-0.4, -0.2) is 10.9 Å². The minimum Gasteiger partial charge on any atom is -0.354 e. The summed E-state index contributed by atoms with van der Waals surface area (Å²) in [5.41, 5.74) is 6.95. The molecule has 0 saturated heterocycles. The van der Waals surface area contributed by atoms with Gasteiger partial charge in [-0.15, -0.1) is 0 Å². The Morgan fingerprint density at radius 3 is 2.23 bits per heavy atom. The molecule has 0 aliphatic carbocycles. The lowest BCUT2D eigenvalue weighted by Crippen LogP contribution is -2.24. The van der Waals surface area contributed by atoms with Crippen molar-refractivity contribution in [2.45, 2.75) is 27.3 Å². The number of carbonyl (C=O) groups excluding carboxylic acids is 1. The summed E-state index contributed by atoms with van der Waals surface area (Å²) in [4.78, 5) is 16.6. The van der Waals surface area contributed by atoms with E-state index in [0.29, 0.717) is 12.2 Å². The number of anilines is 2. The molecule has 4 heteroatoms. The van der Waals surface area contributed by atoms with E-state index in [9.17, 15) is 4.79 Å². The number of para-hydroxylation sites is 1. The second kappa shape index (κ2) is 7.83. The maximum absolute atomic E-state index is 12.3. The van der Waals surface area contributed by atoms with Crippen molar-refractivity contribution in [1.82, 2.24) is 10.3 Å². The molecule has 0 aliphatic rings. The van der Waals surface area contributed by atoms with E-state index in [-0.39, 0.29) is 5.91 Å². The molecule has 2 aromatic carbocycles. The zero-order chi connectivity index (χ0) is 18.5. The van der Waals surface area contributed by atoms with E-state index in [0.717, 1.165) is 22.5 Å². The van der Waals surface area contributed by atoms with Crippen molar-refractivity contribution in [3.8, 4) is 0 Å². The van der Waals surface area contributed by atoms with E-state index in [1.165, 1.54) is 11.1 Å². The highest BCUT2D eigenvalue weighted by Crippen LogP contribution is 2.23. The highest BCUT2D eigenvalue weighted by atomic mass is 16.1. The van der Waals surface area contributed by atoms with Crippen molar-refractivity contribution in [2.24, 2.45) is 0 Å². The van der Waals surface area contributed by atoms with Gasteiger partial charge in [-0.25, -0.2) is 4.98 Å². The maximum atomic E-state index is 12.3. The first-order valence-corrected chi connectivity index (χ1v) is 8.66. The Hall–Kier alpha value is -3.14. The van der Waals surface area contributed by atoms with Gasteiger partial charge in [0.15, 0.2) is 0 Å². The lowest BCUT2D eigenvalue weighted by molar-refractivity contribution is 0.0946. The number of aromatic nitrogens is 1. The second-order valence-corrected chi connectivity index (χ2v) is 6.43. The van der Waals surface area contributed by atoms with Crippen LogP contribution in [0.2, 0.25) is 0 Å². The molecule has 0 atom stereocenters. The average molecular weight is 345 g/mol. The molecule has 0 unspecified atom stereocenters. The van der Waals surface area contributed by atoms with Crippen LogP contribution in [0.15, 0.2) is 60.8 Å². The molecule has 3 aromatic rings. The van der Waals surface area contributed by atoms with Gasteiger partial charge in [-0.3, -0.25) is 4.79 Å². The molecule has 1 amide bonds. The number of carbonyl (C=O) groups is 1. The van der Waals surface area contributed by atoms with E-state index >= 15 is 0 Å². The van der Waals surface area contributed by atoms with Crippen LogP contribution in [0.3, 0.4) is 0 Å². The van der Waals surface area contributed by atoms with E-state index in [4.69, 9.17) is 0 Å². The van der Waals surface area contributed by atoms with Crippen LogP contribution >= 0.6 is 0 Å². The fourth-order valence-corrected chi connectivity index (χ4v) is 2.83. The van der Waals surface area contributed by atoms with Gasteiger partial charge in [-0.2, -0.15) is 0 Å². The number of nitrogens with one attached hydrogen (secondary N) is 2. The molecule has 1 aromatic heterocycles. The average Bonchev–Trinajstić information content (AvgIpc) is 2.64. The van der Waals surface area contributed by atoms with Gasteiger partial charge in [-0.1, -0.05) is 42.5 Å². The number of hydrogen-bond donors (Lipinski definition) is 2. The SMILES string of the molecule is Cc1ccccc1CNC(=O)c1ccc(Nc2c(C)cccc2C)cn1. The Kier molecular flexibility index (Phi) is 5.32. The maximum Gasteiger partial charge on any atom is 0.270 e. The van der Waals surface area contributed by atoms with Crippen molar-refractivity contribution >= 4 is 17.3 Å². The molecule has 0 bridgehead atoms. The topological polar surface area (TPSA) is 54.0 Å². The zero-order valence-corrected chi connectivity index (χ0v) is 15.3. The van der Waals surface area contributed by atoms with Crippen LogP contribution in [0.25, 0.3) is 0 Å². The Balaban J connectivity index is 1.65. The summed E-state index contributed by atoms with van der Waals surface area (Å²) in [5.74, 6) is -0.174. The van der Waals surface area contributed by atoms with Crippen LogP contribution in [0.4, 0.5) is 11.4 Å². The minimum absolute atomic E-state index is 0.174. The van der Waals surface area contributed by atoms with Crippen LogP contribution in [0.5, 0.6) is 0 Å². The molecule has 26 heavy (non-hydrogen) atoms. The first-order chi connectivity index (χ1) is 12.5. The van der Waals surface area contributed by atoms with Gasteiger partial charge >= 0.3 is 0 Å². The predicted octanol–water partition coefficient (Wildman–Crippen LogP) is 4.68. The van der Waals surface area contributed by atoms with E-state index in [1.807, 2.05) is 43.3 Å². The van der Waals surface area contributed by atoms with Crippen LogP contribution in [-0.2, 0) is 6.54 Å². The van der Waals surface area contributed by atoms with Gasteiger partial charge in [0.1, 0.15) is 5.69 Å². The fraction of sp³-hybridized carbons (Fsp3) is 0.182. The van der Waals surface area contributed by atoms with Crippen molar-refractivity contribution in [1.29, 1.82) is 0 Å². The van der Waals surface area contributed by atoms with E-state index in [2.05, 4.69) is 41.6 Å². The van der Waals surface area contributed by atoms with Crippen molar-refractivity contribution < 1.29 is 4.79 Å². The summed E-state index contributed by atoms with van der Waals surface area (Å²) in [7, 11) is 0. The van der Waals surface area contributed by atoms with Crippen molar-refractivity contribution in [3.63, 3.8) is 0 Å². The van der Waals surface area contributed by atoms with Crippen LogP contribution < -0.4 is 10.6 Å². The first-order valence-electron chi connectivity index (χ1n) is 8.66. The molecule has 1 heterocycles. The minimum atomic E-state index is -0.174. The summed E-state index contributed by atoms with van der Waals surface area (Å²) in [6.07, 6.45) is 1.69. The summed E-state index contributed by atoms with van der Waals surface area (Å²) < 4.78 is 0.